The number of carbonyl (C=O) groups is 5. The van der Waals surface area contributed by atoms with E-state index in [-0.39, 0.29) is 48.8 Å². The van der Waals surface area contributed by atoms with Gasteiger partial charge >= 0.3 is 6.09 Å². The largest absolute Gasteiger partial charge is 0.494 e. The van der Waals surface area contributed by atoms with Crippen LogP contribution in [0.2, 0.25) is 0 Å². The number of hydrogen-bond donors (Lipinski definition) is 4. The number of rotatable bonds is 18. The van der Waals surface area contributed by atoms with E-state index in [2.05, 4.69) is 25.7 Å². The van der Waals surface area contributed by atoms with Gasteiger partial charge in [0, 0.05) is 70.0 Å². The van der Waals surface area contributed by atoms with E-state index in [0.29, 0.717) is 109 Å². The number of amides is 5. The van der Waals surface area contributed by atoms with Crippen LogP contribution >= 0.6 is 0 Å². The summed E-state index contributed by atoms with van der Waals surface area (Å²) < 4.78 is 24.4. The predicted octanol–water partition coefficient (Wildman–Crippen LogP) is 4.72. The zero-order chi connectivity index (χ0) is 49.7. The van der Waals surface area contributed by atoms with Crippen LogP contribution in [0.4, 0.5) is 16.7 Å². The van der Waals surface area contributed by atoms with Gasteiger partial charge < -0.3 is 39.7 Å². The first-order valence-electron chi connectivity index (χ1n) is 22.8. The standard InChI is InChI=1S/C47H60N14O8/c1-9-60-34(22-28(3)54-60)42(64)52-44-50-32-24-30(40(48)62)26-36(67-8)38(32)58(44)15-11-12-16-59-39-33(51-45(59)53-43(65)35-23-29(4)55-61(35)10-2)25-31(41(49)63)27-37(39)68-21-13-14-56-17-19-57(20-18-56)46(66)69-47(5,6)7/h11-12,22-27H,9-10,13-21H2,1-8H3,(H2,48,62)(H2,49,63)(H,50,52,64)(H,51,53,65)/b12-11+. The molecule has 0 spiro atoms. The zero-order valence-electron chi connectivity index (χ0n) is 40.3. The van der Waals surface area contributed by atoms with E-state index in [1.54, 1.807) is 61.5 Å². The molecule has 0 bridgehead atoms. The third-order valence-corrected chi connectivity index (χ3v) is 11.4. The van der Waals surface area contributed by atoms with Crippen molar-refractivity contribution in [2.24, 2.45) is 11.5 Å². The first-order chi connectivity index (χ1) is 32.9. The van der Waals surface area contributed by atoms with Crippen molar-refractivity contribution in [1.29, 1.82) is 0 Å². The zero-order valence-corrected chi connectivity index (χ0v) is 40.3. The summed E-state index contributed by atoms with van der Waals surface area (Å²) in [6.45, 7) is 17.5. The summed E-state index contributed by atoms with van der Waals surface area (Å²) in [6, 6.07) is 9.54. The van der Waals surface area contributed by atoms with E-state index < -0.39 is 29.2 Å². The van der Waals surface area contributed by atoms with Crippen molar-refractivity contribution in [3.63, 3.8) is 0 Å². The number of primary amides is 2. The van der Waals surface area contributed by atoms with Crippen molar-refractivity contribution in [2.45, 2.75) is 86.7 Å². The minimum Gasteiger partial charge on any atom is -0.494 e. The number of aromatic nitrogens is 8. The minimum atomic E-state index is -0.685. The van der Waals surface area contributed by atoms with E-state index in [4.69, 9.17) is 35.6 Å². The second-order valence-corrected chi connectivity index (χ2v) is 17.6. The summed E-state index contributed by atoms with van der Waals surface area (Å²) in [7, 11) is 1.46. The molecule has 4 aromatic heterocycles. The Hall–Kier alpha value is -7.75. The van der Waals surface area contributed by atoms with Gasteiger partial charge in [0.15, 0.2) is 0 Å². The minimum absolute atomic E-state index is 0.138. The first kappa shape index (κ1) is 49.2. The Morgan fingerprint density at radius 2 is 1.19 bits per heavy atom. The van der Waals surface area contributed by atoms with E-state index >= 15 is 0 Å². The van der Waals surface area contributed by atoms with Gasteiger partial charge in [0.2, 0.25) is 23.7 Å². The van der Waals surface area contributed by atoms with E-state index in [0.717, 1.165) is 0 Å². The molecular weight excluding hydrogens is 889 g/mol. The highest BCUT2D eigenvalue weighted by atomic mass is 16.6. The van der Waals surface area contributed by atoms with Crippen LogP contribution in [0.3, 0.4) is 0 Å². The normalized spacial score (nSPS) is 13.4. The number of benzene rings is 2. The molecule has 366 valence electrons. The number of hydrogen-bond acceptors (Lipinski definition) is 13. The van der Waals surface area contributed by atoms with Crippen LogP contribution in [0, 0.1) is 13.8 Å². The SMILES string of the molecule is CCn1nc(C)cc1C(=O)Nc1nc2cc(C(N)=O)cc(OC)c2n1C/C=C/Cn1c(NC(=O)c2cc(C)nn2CC)nc2cc(C(N)=O)cc(OCCCN3CCN(C(=O)OC(C)(C)C)CC3)c21. The maximum absolute atomic E-state index is 13.9. The van der Waals surface area contributed by atoms with Crippen molar-refractivity contribution < 1.29 is 38.2 Å². The average Bonchev–Trinajstić information content (AvgIpc) is 4.07. The molecular formula is C47H60N14O8. The van der Waals surface area contributed by atoms with Gasteiger partial charge in [-0.3, -0.25) is 44.1 Å². The smallest absolute Gasteiger partial charge is 0.410 e. The van der Waals surface area contributed by atoms with Gasteiger partial charge in [-0.05, 0) is 91.3 Å². The summed E-state index contributed by atoms with van der Waals surface area (Å²) in [5.74, 6) is -1.29. The Labute approximate surface area is 398 Å². The van der Waals surface area contributed by atoms with Crippen LogP contribution in [0.5, 0.6) is 11.5 Å². The van der Waals surface area contributed by atoms with Crippen LogP contribution in [0.15, 0.2) is 48.6 Å². The summed E-state index contributed by atoms with van der Waals surface area (Å²) in [4.78, 5) is 78.7. The van der Waals surface area contributed by atoms with Crippen LogP contribution in [-0.2, 0) is 30.9 Å². The fraction of sp³-hybridized carbons (Fsp3) is 0.426. The number of imidazole rings is 2. The molecule has 5 amide bonds. The highest BCUT2D eigenvalue weighted by molar-refractivity contribution is 6.05. The quantitative estimate of drug-likeness (QED) is 0.0672. The van der Waals surface area contributed by atoms with Crippen LogP contribution < -0.4 is 31.6 Å². The molecule has 6 aromatic rings. The number of aryl methyl sites for hydroxylation is 4. The van der Waals surface area contributed by atoms with Crippen molar-refractivity contribution >= 4 is 63.7 Å². The van der Waals surface area contributed by atoms with Gasteiger partial charge in [-0.15, -0.1) is 0 Å². The van der Waals surface area contributed by atoms with Gasteiger partial charge in [-0.25, -0.2) is 14.8 Å². The second kappa shape index (κ2) is 20.6. The predicted molar refractivity (Wildman–Crippen MR) is 258 cm³/mol. The first-order valence-corrected chi connectivity index (χ1v) is 22.8. The summed E-state index contributed by atoms with van der Waals surface area (Å²) in [5, 5.41) is 14.7. The molecule has 22 nitrogen and oxygen atoms in total. The Morgan fingerprint density at radius 1 is 0.710 bits per heavy atom. The van der Waals surface area contributed by atoms with Crippen molar-refractivity contribution in [3.8, 4) is 11.5 Å². The number of methoxy groups -OCH3 is 1. The lowest BCUT2D eigenvalue weighted by Gasteiger charge is -2.35. The summed E-state index contributed by atoms with van der Waals surface area (Å²) in [6.07, 6.45) is 3.98. The van der Waals surface area contributed by atoms with Crippen molar-refractivity contribution in [3.05, 3.63) is 82.5 Å². The fourth-order valence-corrected chi connectivity index (χ4v) is 8.14. The molecule has 0 aliphatic carbocycles. The molecule has 69 heavy (non-hydrogen) atoms. The molecule has 2 aromatic carbocycles. The molecule has 1 saturated heterocycles. The lowest BCUT2D eigenvalue weighted by atomic mass is 10.1. The van der Waals surface area contributed by atoms with E-state index in [9.17, 15) is 24.0 Å². The Balaban J connectivity index is 1.19. The van der Waals surface area contributed by atoms with Gasteiger partial charge in [0.25, 0.3) is 11.8 Å². The van der Waals surface area contributed by atoms with Crippen LogP contribution in [-0.4, -0.2) is 130 Å². The van der Waals surface area contributed by atoms with Crippen LogP contribution in [0.1, 0.15) is 94.1 Å². The molecule has 1 fully saturated rings. The number of nitrogens with zero attached hydrogens (tertiary/aromatic N) is 10. The number of piperazine rings is 1. The molecule has 0 saturated carbocycles. The third-order valence-electron chi connectivity index (χ3n) is 11.4. The third kappa shape index (κ3) is 11.2. The van der Waals surface area contributed by atoms with Crippen molar-refractivity contribution in [1.82, 2.24) is 48.5 Å². The number of fused-ring (bicyclic) bond motifs is 2. The Morgan fingerprint density at radius 3 is 1.64 bits per heavy atom. The monoisotopic (exact) mass is 948 g/mol. The fourth-order valence-electron chi connectivity index (χ4n) is 8.14. The van der Waals surface area contributed by atoms with Gasteiger partial charge in [-0.1, -0.05) is 12.2 Å². The average molecular weight is 949 g/mol. The highest BCUT2D eigenvalue weighted by Crippen LogP contribution is 2.33. The van der Waals surface area contributed by atoms with Gasteiger partial charge in [-0.2, -0.15) is 10.2 Å². The molecule has 6 N–H and O–H groups in total. The second-order valence-electron chi connectivity index (χ2n) is 17.6. The number of carbonyl (C=O) groups excluding carboxylic acids is 5. The van der Waals surface area contributed by atoms with Crippen LogP contribution in [0.25, 0.3) is 22.1 Å². The molecule has 1 aliphatic rings. The molecule has 5 heterocycles. The lowest BCUT2D eigenvalue weighted by molar-refractivity contribution is 0.0141. The van der Waals surface area contributed by atoms with E-state index in [1.807, 2.05) is 46.8 Å². The lowest BCUT2D eigenvalue weighted by Crippen LogP contribution is -2.50. The van der Waals surface area contributed by atoms with Gasteiger partial charge in [0.1, 0.15) is 39.5 Å². The number of anilines is 2. The summed E-state index contributed by atoms with van der Waals surface area (Å²) in [5.41, 5.74) is 14.9. The van der Waals surface area contributed by atoms with Crippen molar-refractivity contribution in [2.75, 3.05) is 57.1 Å². The molecule has 1 aliphatic heterocycles. The highest BCUT2D eigenvalue weighted by Gasteiger charge is 2.27. The van der Waals surface area contributed by atoms with E-state index in [1.165, 1.54) is 19.2 Å². The number of ether oxygens (including phenoxy) is 3. The Kier molecular flexibility index (Phi) is 14.7. The maximum Gasteiger partial charge on any atom is 0.410 e. The molecule has 7 rings (SSSR count). The molecule has 0 unspecified atom stereocenters. The Bertz CT molecular complexity index is 2950. The maximum atomic E-state index is 13.9. The topological polar surface area (TPSA) is 267 Å². The number of nitrogens with one attached hydrogen (secondary N) is 2. The molecule has 22 heteroatoms. The molecule has 0 atom stereocenters. The number of nitrogens with two attached hydrogens (primary N) is 2. The molecule has 0 radical (unpaired) electrons. The van der Waals surface area contributed by atoms with Gasteiger partial charge in [0.05, 0.1) is 36.1 Å². The summed E-state index contributed by atoms with van der Waals surface area (Å²) >= 11 is 0. The number of allylic oxidation sites excluding steroid dienone is 2.